The number of halogens is 3. The van der Waals surface area contributed by atoms with Crippen LogP contribution in [0, 0.1) is 0 Å². The fourth-order valence-corrected chi connectivity index (χ4v) is 2.56. The molecule has 0 aliphatic carbocycles. The Morgan fingerprint density at radius 2 is 1.73 bits per heavy atom. The maximum absolute atomic E-state index is 12.6. The van der Waals surface area contributed by atoms with E-state index in [2.05, 4.69) is 4.98 Å². The molecule has 6 heteroatoms. The highest BCUT2D eigenvalue weighted by Gasteiger charge is 2.29. The van der Waals surface area contributed by atoms with E-state index in [0.717, 1.165) is 23.5 Å². The van der Waals surface area contributed by atoms with Gasteiger partial charge in [-0.1, -0.05) is 12.1 Å². The van der Waals surface area contributed by atoms with Crippen molar-refractivity contribution in [2.45, 2.75) is 6.18 Å². The second kappa shape index (κ2) is 6.22. The fourth-order valence-electron chi connectivity index (χ4n) is 2.56. The molecule has 0 atom stereocenters. The molecule has 2 aromatic heterocycles. The van der Waals surface area contributed by atoms with Crippen LogP contribution >= 0.6 is 0 Å². The van der Waals surface area contributed by atoms with E-state index >= 15 is 0 Å². The highest BCUT2D eigenvalue weighted by atomic mass is 19.4. The standard InChI is InChI=1S/C20H12F3NO2/c21-20(22,23)15-7-3-13(4-8-15)5-10-19-24-16-12-14(6-9-18(16)26-19)17-2-1-11-25-17/h1-12H/b10-5+. The summed E-state index contributed by atoms with van der Waals surface area (Å²) in [5, 5.41) is 0. The van der Waals surface area contributed by atoms with Gasteiger partial charge in [0.1, 0.15) is 11.3 Å². The van der Waals surface area contributed by atoms with E-state index < -0.39 is 11.7 Å². The van der Waals surface area contributed by atoms with Crippen LogP contribution in [0.2, 0.25) is 0 Å². The Kier molecular flexibility index (Phi) is 3.88. The number of hydrogen-bond donors (Lipinski definition) is 0. The molecule has 0 bridgehead atoms. The predicted octanol–water partition coefficient (Wildman–Crippen LogP) is 6.28. The smallest absolute Gasteiger partial charge is 0.416 e. The number of furan rings is 1. The number of hydrogen-bond acceptors (Lipinski definition) is 3. The van der Waals surface area contributed by atoms with Crippen molar-refractivity contribution < 1.29 is 22.0 Å². The molecule has 0 unspecified atom stereocenters. The van der Waals surface area contributed by atoms with Crippen molar-refractivity contribution in [2.75, 3.05) is 0 Å². The normalized spacial score (nSPS) is 12.3. The van der Waals surface area contributed by atoms with Crippen LogP contribution < -0.4 is 0 Å². The van der Waals surface area contributed by atoms with Crippen molar-refractivity contribution in [1.29, 1.82) is 0 Å². The zero-order valence-corrected chi connectivity index (χ0v) is 13.3. The Labute approximate surface area is 146 Å². The molecule has 0 radical (unpaired) electrons. The number of aromatic nitrogens is 1. The van der Waals surface area contributed by atoms with E-state index in [0.29, 0.717) is 22.6 Å². The van der Waals surface area contributed by atoms with E-state index in [1.807, 2.05) is 18.2 Å². The summed E-state index contributed by atoms with van der Waals surface area (Å²) in [7, 11) is 0. The summed E-state index contributed by atoms with van der Waals surface area (Å²) in [5.41, 5.74) is 2.12. The molecule has 3 nitrogen and oxygen atoms in total. The fraction of sp³-hybridized carbons (Fsp3) is 0.0500. The van der Waals surface area contributed by atoms with Crippen molar-refractivity contribution in [1.82, 2.24) is 4.98 Å². The van der Waals surface area contributed by atoms with Crippen molar-refractivity contribution >= 4 is 23.3 Å². The van der Waals surface area contributed by atoms with Crippen LogP contribution in [0.5, 0.6) is 0 Å². The van der Waals surface area contributed by atoms with Gasteiger partial charge in [0.05, 0.1) is 11.8 Å². The number of alkyl halides is 3. The minimum absolute atomic E-state index is 0.372. The van der Waals surface area contributed by atoms with Crippen LogP contribution in [0.3, 0.4) is 0 Å². The van der Waals surface area contributed by atoms with Gasteiger partial charge in [-0.2, -0.15) is 13.2 Å². The zero-order chi connectivity index (χ0) is 18.1. The van der Waals surface area contributed by atoms with Crippen LogP contribution in [-0.2, 0) is 6.18 Å². The van der Waals surface area contributed by atoms with Gasteiger partial charge in [-0.25, -0.2) is 4.98 Å². The quantitative estimate of drug-likeness (QED) is 0.434. The third kappa shape index (κ3) is 3.26. The molecule has 2 aromatic carbocycles. The molecule has 0 saturated carbocycles. The molecule has 0 spiro atoms. The maximum Gasteiger partial charge on any atom is 0.416 e. The van der Waals surface area contributed by atoms with E-state index in [1.165, 1.54) is 12.1 Å². The molecule has 4 rings (SSSR count). The lowest BCUT2D eigenvalue weighted by Crippen LogP contribution is -2.03. The third-order valence-electron chi connectivity index (χ3n) is 3.87. The van der Waals surface area contributed by atoms with Gasteiger partial charge in [0.15, 0.2) is 5.58 Å². The number of nitrogens with zero attached hydrogens (tertiary/aromatic N) is 1. The lowest BCUT2D eigenvalue weighted by molar-refractivity contribution is -0.137. The largest absolute Gasteiger partial charge is 0.464 e. The summed E-state index contributed by atoms with van der Waals surface area (Å²) in [5.74, 6) is 1.10. The van der Waals surface area contributed by atoms with Gasteiger partial charge in [-0.3, -0.25) is 0 Å². The monoisotopic (exact) mass is 355 g/mol. The van der Waals surface area contributed by atoms with Gasteiger partial charge < -0.3 is 8.83 Å². The van der Waals surface area contributed by atoms with Gasteiger partial charge in [0, 0.05) is 11.6 Å². The molecule has 0 amide bonds. The number of rotatable bonds is 3. The first-order valence-electron chi connectivity index (χ1n) is 7.79. The summed E-state index contributed by atoms with van der Waals surface area (Å²) in [6.07, 6.45) is 0.530. The Morgan fingerprint density at radius 3 is 2.42 bits per heavy atom. The van der Waals surface area contributed by atoms with E-state index in [1.54, 1.807) is 30.5 Å². The molecular weight excluding hydrogens is 343 g/mol. The van der Waals surface area contributed by atoms with Gasteiger partial charge in [-0.15, -0.1) is 0 Å². The molecule has 4 aromatic rings. The first-order valence-corrected chi connectivity index (χ1v) is 7.79. The zero-order valence-electron chi connectivity index (χ0n) is 13.3. The first-order chi connectivity index (χ1) is 12.5. The van der Waals surface area contributed by atoms with E-state index in [4.69, 9.17) is 8.83 Å². The van der Waals surface area contributed by atoms with Gasteiger partial charge in [-0.05, 0) is 54.1 Å². The summed E-state index contributed by atoms with van der Waals surface area (Å²) >= 11 is 0. The van der Waals surface area contributed by atoms with Crippen molar-refractivity contribution in [3.05, 3.63) is 77.9 Å². The SMILES string of the molecule is FC(F)(F)c1ccc(/C=C/c2nc3cc(-c4ccco4)ccc3o2)cc1. The molecule has 0 aliphatic heterocycles. The number of fused-ring (bicyclic) bond motifs is 1. The third-order valence-corrected chi connectivity index (χ3v) is 3.87. The average Bonchev–Trinajstić information content (AvgIpc) is 3.28. The van der Waals surface area contributed by atoms with Crippen LogP contribution in [0.25, 0.3) is 34.6 Å². The number of oxazole rings is 1. The predicted molar refractivity (Wildman–Crippen MR) is 92.1 cm³/mol. The average molecular weight is 355 g/mol. The molecule has 130 valence electrons. The van der Waals surface area contributed by atoms with Crippen LogP contribution in [0.4, 0.5) is 13.2 Å². The summed E-state index contributed by atoms with van der Waals surface area (Å²) < 4.78 is 48.7. The Morgan fingerprint density at radius 1 is 0.923 bits per heavy atom. The molecular formula is C20H12F3NO2. The molecule has 26 heavy (non-hydrogen) atoms. The van der Waals surface area contributed by atoms with Gasteiger partial charge in [0.2, 0.25) is 5.89 Å². The minimum atomic E-state index is -4.34. The summed E-state index contributed by atoms with van der Waals surface area (Å²) in [6, 6.07) is 14.1. The Hall–Kier alpha value is -3.28. The van der Waals surface area contributed by atoms with Crippen LogP contribution in [0.15, 0.2) is 69.7 Å². The Bertz CT molecular complexity index is 1060. The van der Waals surface area contributed by atoms with Gasteiger partial charge >= 0.3 is 6.18 Å². The first kappa shape index (κ1) is 16.2. The highest BCUT2D eigenvalue weighted by molar-refractivity contribution is 5.80. The lowest BCUT2D eigenvalue weighted by Gasteiger charge is -2.05. The number of benzene rings is 2. The van der Waals surface area contributed by atoms with Crippen molar-refractivity contribution in [3.63, 3.8) is 0 Å². The highest BCUT2D eigenvalue weighted by Crippen LogP contribution is 2.29. The molecule has 0 saturated heterocycles. The van der Waals surface area contributed by atoms with Crippen molar-refractivity contribution in [3.8, 4) is 11.3 Å². The summed E-state index contributed by atoms with van der Waals surface area (Å²) in [4.78, 5) is 4.38. The molecule has 0 N–H and O–H groups in total. The van der Waals surface area contributed by atoms with E-state index in [9.17, 15) is 13.2 Å². The molecule has 2 heterocycles. The summed E-state index contributed by atoms with van der Waals surface area (Å²) in [6.45, 7) is 0. The van der Waals surface area contributed by atoms with E-state index in [-0.39, 0.29) is 0 Å². The lowest BCUT2D eigenvalue weighted by atomic mass is 10.1. The van der Waals surface area contributed by atoms with Crippen LogP contribution in [0.1, 0.15) is 17.0 Å². The van der Waals surface area contributed by atoms with Crippen LogP contribution in [-0.4, -0.2) is 4.98 Å². The van der Waals surface area contributed by atoms with Gasteiger partial charge in [0.25, 0.3) is 0 Å². The second-order valence-electron chi connectivity index (χ2n) is 5.67. The molecule has 0 fully saturated rings. The maximum atomic E-state index is 12.6. The minimum Gasteiger partial charge on any atom is -0.464 e. The topological polar surface area (TPSA) is 39.2 Å². The second-order valence-corrected chi connectivity index (χ2v) is 5.67. The molecule has 0 aliphatic rings. The van der Waals surface area contributed by atoms with Crippen molar-refractivity contribution in [2.24, 2.45) is 0 Å². The Balaban J connectivity index is 1.58.